The minimum atomic E-state index is -1.02. The third-order valence-corrected chi connectivity index (χ3v) is 2.77. The molecular weight excluding hydrogens is 213 g/mol. The van der Waals surface area contributed by atoms with Crippen LogP contribution in [0, 0.1) is 0 Å². The molecule has 1 amide bonds. The Labute approximate surface area is 92.5 Å². The number of aliphatic hydroxyl groups is 1. The lowest BCUT2D eigenvalue weighted by atomic mass is 10.2. The number of hydrogen-bond donors (Lipinski definition) is 1. The van der Waals surface area contributed by atoms with Crippen molar-refractivity contribution in [1.29, 1.82) is 0 Å². The van der Waals surface area contributed by atoms with Crippen molar-refractivity contribution in [1.82, 2.24) is 14.5 Å². The third-order valence-electron chi connectivity index (χ3n) is 2.77. The predicted octanol–water partition coefficient (Wildman–Crippen LogP) is -0.186. The summed E-state index contributed by atoms with van der Waals surface area (Å²) in [4.78, 5) is 17.1. The van der Waals surface area contributed by atoms with Gasteiger partial charge >= 0.3 is 0 Å². The van der Waals surface area contributed by atoms with Crippen molar-refractivity contribution >= 4 is 5.91 Å². The molecule has 0 saturated carbocycles. The number of alkyl halides is 1. The standard InChI is InChI=1S/C10H14FN3O2/c11-8-3-9(6-15)14(4-8)10(16)5-13-2-1-12-7-13/h1-2,7-9,15H,3-6H2/t8-,9-/m0/s1. The molecule has 2 rings (SSSR count). The summed E-state index contributed by atoms with van der Waals surface area (Å²) in [6.07, 6.45) is 4.00. The largest absolute Gasteiger partial charge is 0.394 e. The molecule has 1 aliphatic heterocycles. The number of carbonyl (C=O) groups is 1. The number of rotatable bonds is 3. The van der Waals surface area contributed by atoms with Gasteiger partial charge in [-0.05, 0) is 0 Å². The molecule has 0 aliphatic carbocycles. The average Bonchev–Trinajstić information content (AvgIpc) is 2.86. The fraction of sp³-hybridized carbons (Fsp3) is 0.600. The van der Waals surface area contributed by atoms with Crippen LogP contribution in [0.4, 0.5) is 4.39 Å². The van der Waals surface area contributed by atoms with Gasteiger partial charge in [-0.15, -0.1) is 0 Å². The van der Waals surface area contributed by atoms with Gasteiger partial charge in [-0.3, -0.25) is 4.79 Å². The first kappa shape index (κ1) is 11.1. The third kappa shape index (κ3) is 2.21. The van der Waals surface area contributed by atoms with Crippen LogP contribution in [-0.4, -0.2) is 50.8 Å². The van der Waals surface area contributed by atoms with Gasteiger partial charge in [0, 0.05) is 18.8 Å². The van der Waals surface area contributed by atoms with Gasteiger partial charge in [-0.1, -0.05) is 0 Å². The van der Waals surface area contributed by atoms with Gasteiger partial charge in [-0.25, -0.2) is 9.37 Å². The Morgan fingerprint density at radius 1 is 1.62 bits per heavy atom. The highest BCUT2D eigenvalue weighted by atomic mass is 19.1. The van der Waals surface area contributed by atoms with Crippen LogP contribution in [-0.2, 0) is 11.3 Å². The normalized spacial score (nSPS) is 25.0. The van der Waals surface area contributed by atoms with E-state index in [1.54, 1.807) is 17.0 Å². The molecular formula is C10H14FN3O2. The molecule has 1 aliphatic rings. The van der Waals surface area contributed by atoms with Gasteiger partial charge in [0.1, 0.15) is 12.7 Å². The first-order valence-electron chi connectivity index (χ1n) is 5.21. The monoisotopic (exact) mass is 227 g/mol. The quantitative estimate of drug-likeness (QED) is 0.779. The Kier molecular flexibility index (Phi) is 3.19. The summed E-state index contributed by atoms with van der Waals surface area (Å²) in [7, 11) is 0. The summed E-state index contributed by atoms with van der Waals surface area (Å²) in [5, 5.41) is 9.05. The second-order valence-corrected chi connectivity index (χ2v) is 3.95. The molecule has 0 bridgehead atoms. The van der Waals surface area contributed by atoms with Gasteiger partial charge in [0.25, 0.3) is 0 Å². The van der Waals surface area contributed by atoms with Crippen LogP contribution in [0.5, 0.6) is 0 Å². The van der Waals surface area contributed by atoms with Crippen LogP contribution in [0.1, 0.15) is 6.42 Å². The fourth-order valence-electron chi connectivity index (χ4n) is 1.97. The highest BCUT2D eigenvalue weighted by Gasteiger charge is 2.34. The summed E-state index contributed by atoms with van der Waals surface area (Å²) in [5.74, 6) is -0.183. The molecule has 1 N–H and O–H groups in total. The first-order chi connectivity index (χ1) is 7.70. The molecule has 1 fully saturated rings. The molecule has 0 spiro atoms. The number of halogens is 1. The van der Waals surface area contributed by atoms with Gasteiger partial charge in [0.05, 0.1) is 25.5 Å². The Morgan fingerprint density at radius 3 is 3.06 bits per heavy atom. The van der Waals surface area contributed by atoms with Crippen molar-refractivity contribution in [3.05, 3.63) is 18.7 Å². The van der Waals surface area contributed by atoms with Crippen molar-refractivity contribution in [2.24, 2.45) is 0 Å². The Balaban J connectivity index is 1.98. The zero-order valence-corrected chi connectivity index (χ0v) is 8.79. The van der Waals surface area contributed by atoms with E-state index in [0.29, 0.717) is 0 Å². The lowest BCUT2D eigenvalue weighted by Crippen LogP contribution is -2.39. The molecule has 1 aromatic heterocycles. The van der Waals surface area contributed by atoms with E-state index < -0.39 is 6.17 Å². The SMILES string of the molecule is O=C(Cn1ccnc1)N1C[C@@H](F)C[C@H]1CO. The maximum absolute atomic E-state index is 13.1. The smallest absolute Gasteiger partial charge is 0.242 e. The Morgan fingerprint density at radius 2 is 2.44 bits per heavy atom. The molecule has 2 atom stereocenters. The highest BCUT2D eigenvalue weighted by Crippen LogP contribution is 2.20. The zero-order chi connectivity index (χ0) is 11.5. The van der Waals surface area contributed by atoms with Crippen LogP contribution in [0.25, 0.3) is 0 Å². The number of imidazole rings is 1. The van der Waals surface area contributed by atoms with Crippen LogP contribution in [0.3, 0.4) is 0 Å². The second kappa shape index (κ2) is 4.61. The van der Waals surface area contributed by atoms with E-state index in [1.165, 1.54) is 11.2 Å². The molecule has 16 heavy (non-hydrogen) atoms. The van der Waals surface area contributed by atoms with E-state index in [2.05, 4.69) is 4.98 Å². The maximum atomic E-state index is 13.1. The van der Waals surface area contributed by atoms with Crippen LogP contribution < -0.4 is 0 Å². The molecule has 0 aromatic carbocycles. The summed E-state index contributed by atoms with van der Waals surface area (Å²) in [5.41, 5.74) is 0. The summed E-state index contributed by atoms with van der Waals surface area (Å²) < 4.78 is 14.8. The average molecular weight is 227 g/mol. The van der Waals surface area contributed by atoms with Crippen molar-refractivity contribution in [3.8, 4) is 0 Å². The minimum Gasteiger partial charge on any atom is -0.394 e. The van der Waals surface area contributed by atoms with Gasteiger partial charge < -0.3 is 14.6 Å². The molecule has 6 heteroatoms. The Bertz CT molecular complexity index is 355. The number of nitrogens with zero attached hydrogens (tertiary/aromatic N) is 3. The van der Waals surface area contributed by atoms with Crippen molar-refractivity contribution in [2.75, 3.05) is 13.2 Å². The summed E-state index contributed by atoms with van der Waals surface area (Å²) >= 11 is 0. The molecule has 88 valence electrons. The van der Waals surface area contributed by atoms with Gasteiger partial charge in [0.2, 0.25) is 5.91 Å². The highest BCUT2D eigenvalue weighted by molar-refractivity contribution is 5.76. The molecule has 5 nitrogen and oxygen atoms in total. The van der Waals surface area contributed by atoms with E-state index >= 15 is 0 Å². The number of carbonyl (C=O) groups excluding carboxylic acids is 1. The molecule has 1 saturated heterocycles. The van der Waals surface area contributed by atoms with Crippen molar-refractivity contribution in [2.45, 2.75) is 25.2 Å². The van der Waals surface area contributed by atoms with Crippen molar-refractivity contribution in [3.63, 3.8) is 0 Å². The van der Waals surface area contributed by atoms with Gasteiger partial charge in [-0.2, -0.15) is 0 Å². The topological polar surface area (TPSA) is 58.4 Å². The number of amides is 1. The number of hydrogen-bond acceptors (Lipinski definition) is 3. The van der Waals surface area contributed by atoms with E-state index in [9.17, 15) is 9.18 Å². The summed E-state index contributed by atoms with van der Waals surface area (Å²) in [6.45, 7) is 0.0397. The second-order valence-electron chi connectivity index (χ2n) is 3.95. The molecule has 2 heterocycles. The van der Waals surface area contributed by atoms with Gasteiger partial charge in [0.15, 0.2) is 0 Å². The Hall–Kier alpha value is -1.43. The van der Waals surface area contributed by atoms with E-state index in [0.717, 1.165) is 0 Å². The van der Waals surface area contributed by atoms with Crippen molar-refractivity contribution < 1.29 is 14.3 Å². The van der Waals surface area contributed by atoms with Crippen LogP contribution in [0.15, 0.2) is 18.7 Å². The number of likely N-dealkylation sites (tertiary alicyclic amines) is 1. The van der Waals surface area contributed by atoms with E-state index in [4.69, 9.17) is 5.11 Å². The minimum absolute atomic E-state index is 0.0821. The molecule has 0 radical (unpaired) electrons. The zero-order valence-electron chi connectivity index (χ0n) is 8.79. The lowest BCUT2D eigenvalue weighted by Gasteiger charge is -2.22. The molecule has 1 aromatic rings. The lowest BCUT2D eigenvalue weighted by molar-refractivity contribution is -0.133. The number of aliphatic hydroxyl groups excluding tert-OH is 1. The summed E-state index contributed by atoms with van der Waals surface area (Å²) in [6, 6.07) is -0.383. The number of aromatic nitrogens is 2. The van der Waals surface area contributed by atoms with E-state index in [1.807, 2.05) is 0 Å². The first-order valence-corrected chi connectivity index (χ1v) is 5.21. The van der Waals surface area contributed by atoms with Crippen LogP contribution >= 0.6 is 0 Å². The maximum Gasteiger partial charge on any atom is 0.242 e. The molecule has 0 unspecified atom stereocenters. The predicted molar refractivity (Wildman–Crippen MR) is 54.3 cm³/mol. The fourth-order valence-corrected chi connectivity index (χ4v) is 1.97. The van der Waals surface area contributed by atoms with E-state index in [-0.39, 0.29) is 38.1 Å². The van der Waals surface area contributed by atoms with Crippen LogP contribution in [0.2, 0.25) is 0 Å².